The van der Waals surface area contributed by atoms with E-state index >= 15 is 0 Å². The number of anilines is 1. The van der Waals surface area contributed by atoms with E-state index in [1.54, 1.807) is 6.20 Å². The monoisotopic (exact) mass is 317 g/mol. The molecule has 0 radical (unpaired) electrons. The zero-order valence-corrected chi connectivity index (χ0v) is 13.5. The van der Waals surface area contributed by atoms with Crippen LogP contribution in [0.3, 0.4) is 0 Å². The first kappa shape index (κ1) is 15.9. The molecule has 2 aromatic carbocycles. The van der Waals surface area contributed by atoms with Crippen LogP contribution in [-0.4, -0.2) is 15.8 Å². The molecule has 120 valence electrons. The lowest BCUT2D eigenvalue weighted by Crippen LogP contribution is -2.16. The van der Waals surface area contributed by atoms with Crippen LogP contribution in [0.15, 0.2) is 73.2 Å². The molecule has 1 aromatic heterocycles. The average molecular weight is 317 g/mol. The van der Waals surface area contributed by atoms with E-state index in [0.29, 0.717) is 12.1 Å². The van der Waals surface area contributed by atoms with E-state index in [4.69, 9.17) is 0 Å². The van der Waals surface area contributed by atoms with Gasteiger partial charge in [-0.1, -0.05) is 48.0 Å². The molecule has 0 amide bonds. The van der Waals surface area contributed by atoms with E-state index in [-0.39, 0.29) is 11.8 Å². The van der Waals surface area contributed by atoms with Gasteiger partial charge in [0.2, 0.25) is 0 Å². The van der Waals surface area contributed by atoms with Crippen LogP contribution in [0.1, 0.15) is 34.1 Å². The van der Waals surface area contributed by atoms with Crippen LogP contribution >= 0.6 is 0 Å². The maximum Gasteiger partial charge on any atom is 0.185 e. The molecule has 24 heavy (non-hydrogen) atoms. The zero-order chi connectivity index (χ0) is 16.8. The molecule has 1 atom stereocenters. The molecule has 1 heterocycles. The second kappa shape index (κ2) is 7.51. The minimum absolute atomic E-state index is 0.0310. The molecule has 3 aromatic rings. The van der Waals surface area contributed by atoms with Crippen molar-refractivity contribution in [2.75, 3.05) is 5.32 Å². The SMILES string of the molecule is Cc1ccc(NC(CC(=O)c2cnccn2)c2ccccc2)cc1. The third-order valence-electron chi connectivity index (χ3n) is 3.83. The van der Waals surface area contributed by atoms with Gasteiger partial charge in [0.1, 0.15) is 5.69 Å². The summed E-state index contributed by atoms with van der Waals surface area (Å²) in [5, 5.41) is 3.45. The molecule has 0 saturated heterocycles. The standard InChI is InChI=1S/C20H19N3O/c1-15-7-9-17(10-8-15)23-18(16-5-3-2-4-6-16)13-20(24)19-14-21-11-12-22-19/h2-12,14,18,23H,13H2,1H3. The minimum Gasteiger partial charge on any atom is -0.378 e. The van der Waals surface area contributed by atoms with Crippen molar-refractivity contribution in [3.8, 4) is 0 Å². The van der Waals surface area contributed by atoms with Gasteiger partial charge in [-0.2, -0.15) is 0 Å². The molecule has 0 spiro atoms. The van der Waals surface area contributed by atoms with Crippen molar-refractivity contribution in [3.63, 3.8) is 0 Å². The molecule has 1 N–H and O–H groups in total. The number of aromatic nitrogens is 2. The maximum absolute atomic E-state index is 12.5. The summed E-state index contributed by atoms with van der Waals surface area (Å²) in [7, 11) is 0. The highest BCUT2D eigenvalue weighted by atomic mass is 16.1. The number of hydrogen-bond donors (Lipinski definition) is 1. The summed E-state index contributed by atoms with van der Waals surface area (Å²) in [4.78, 5) is 20.6. The van der Waals surface area contributed by atoms with Crippen LogP contribution in [0.25, 0.3) is 0 Å². The van der Waals surface area contributed by atoms with Gasteiger partial charge in [0.25, 0.3) is 0 Å². The average Bonchev–Trinajstić information content (AvgIpc) is 2.64. The van der Waals surface area contributed by atoms with Gasteiger partial charge in [0.05, 0.1) is 12.2 Å². The summed E-state index contributed by atoms with van der Waals surface area (Å²) < 4.78 is 0. The Morgan fingerprint density at radius 2 is 1.79 bits per heavy atom. The zero-order valence-electron chi connectivity index (χ0n) is 13.5. The van der Waals surface area contributed by atoms with Crippen molar-refractivity contribution in [1.29, 1.82) is 0 Å². The van der Waals surface area contributed by atoms with E-state index in [1.165, 1.54) is 18.0 Å². The van der Waals surface area contributed by atoms with Gasteiger partial charge in [0, 0.05) is 24.5 Å². The van der Waals surface area contributed by atoms with Gasteiger partial charge < -0.3 is 5.32 Å². The molecular weight excluding hydrogens is 298 g/mol. The fourth-order valence-corrected chi connectivity index (χ4v) is 2.52. The van der Waals surface area contributed by atoms with E-state index < -0.39 is 0 Å². The topological polar surface area (TPSA) is 54.9 Å². The minimum atomic E-state index is -0.122. The molecule has 4 nitrogen and oxygen atoms in total. The van der Waals surface area contributed by atoms with E-state index in [1.807, 2.05) is 42.5 Å². The summed E-state index contributed by atoms with van der Waals surface area (Å²) in [5.74, 6) is -0.0310. The normalized spacial score (nSPS) is 11.7. The smallest absolute Gasteiger partial charge is 0.185 e. The lowest BCUT2D eigenvalue weighted by molar-refractivity contribution is 0.0971. The Balaban J connectivity index is 1.82. The van der Waals surface area contributed by atoms with Gasteiger partial charge >= 0.3 is 0 Å². The lowest BCUT2D eigenvalue weighted by atomic mass is 9.99. The number of aryl methyl sites for hydroxylation is 1. The molecular formula is C20H19N3O. The number of ketones is 1. The number of carbonyl (C=O) groups excluding carboxylic acids is 1. The molecule has 0 aliphatic carbocycles. The fourth-order valence-electron chi connectivity index (χ4n) is 2.52. The molecule has 0 aliphatic heterocycles. The van der Waals surface area contributed by atoms with Crippen LogP contribution in [-0.2, 0) is 0 Å². The number of nitrogens with zero attached hydrogens (tertiary/aromatic N) is 2. The van der Waals surface area contributed by atoms with Crippen molar-refractivity contribution in [2.45, 2.75) is 19.4 Å². The van der Waals surface area contributed by atoms with E-state index in [9.17, 15) is 4.79 Å². The van der Waals surface area contributed by atoms with Crippen molar-refractivity contribution in [3.05, 3.63) is 90.0 Å². The van der Waals surface area contributed by atoms with Crippen LogP contribution in [0.2, 0.25) is 0 Å². The Kier molecular flexibility index (Phi) is 4.96. The molecule has 0 saturated carbocycles. The number of Topliss-reactive ketones (excluding diaryl/α,β-unsaturated/α-hetero) is 1. The summed E-state index contributed by atoms with van der Waals surface area (Å²) >= 11 is 0. The van der Waals surface area contributed by atoms with Crippen molar-refractivity contribution in [2.24, 2.45) is 0 Å². The molecule has 1 unspecified atom stereocenters. The highest BCUT2D eigenvalue weighted by molar-refractivity contribution is 5.94. The lowest BCUT2D eigenvalue weighted by Gasteiger charge is -2.20. The number of rotatable bonds is 6. The molecule has 3 rings (SSSR count). The highest BCUT2D eigenvalue weighted by Gasteiger charge is 2.18. The van der Waals surface area contributed by atoms with Crippen molar-refractivity contribution in [1.82, 2.24) is 9.97 Å². The first-order valence-corrected chi connectivity index (χ1v) is 7.90. The fraction of sp³-hybridized carbons (Fsp3) is 0.150. The van der Waals surface area contributed by atoms with Crippen LogP contribution < -0.4 is 5.32 Å². The van der Waals surface area contributed by atoms with E-state index in [2.05, 4.69) is 34.3 Å². The third-order valence-corrected chi connectivity index (χ3v) is 3.83. The Morgan fingerprint density at radius 1 is 1.04 bits per heavy atom. The number of carbonyl (C=O) groups is 1. The van der Waals surface area contributed by atoms with E-state index in [0.717, 1.165) is 11.3 Å². The van der Waals surface area contributed by atoms with Gasteiger partial charge in [-0.05, 0) is 24.6 Å². The second-order valence-corrected chi connectivity index (χ2v) is 5.69. The first-order valence-electron chi connectivity index (χ1n) is 7.90. The Hall–Kier alpha value is -3.01. The van der Waals surface area contributed by atoms with Crippen molar-refractivity contribution >= 4 is 11.5 Å². The molecule has 4 heteroatoms. The predicted molar refractivity (Wildman–Crippen MR) is 95.0 cm³/mol. The third kappa shape index (κ3) is 4.04. The molecule has 0 aliphatic rings. The quantitative estimate of drug-likeness (QED) is 0.692. The largest absolute Gasteiger partial charge is 0.378 e. The molecule has 0 fully saturated rings. The summed E-state index contributed by atoms with van der Waals surface area (Å²) in [6.45, 7) is 2.05. The number of nitrogens with one attached hydrogen (secondary N) is 1. The summed E-state index contributed by atoms with van der Waals surface area (Å²) in [6.07, 6.45) is 4.93. The van der Waals surface area contributed by atoms with Crippen LogP contribution in [0.5, 0.6) is 0 Å². The first-order chi connectivity index (χ1) is 11.7. The van der Waals surface area contributed by atoms with Gasteiger partial charge in [-0.25, -0.2) is 4.98 Å². The van der Waals surface area contributed by atoms with Gasteiger partial charge in [0.15, 0.2) is 5.78 Å². The summed E-state index contributed by atoms with van der Waals surface area (Å²) in [5.41, 5.74) is 3.65. The molecule has 0 bridgehead atoms. The Morgan fingerprint density at radius 3 is 2.46 bits per heavy atom. The Bertz CT molecular complexity index is 786. The van der Waals surface area contributed by atoms with Crippen LogP contribution in [0.4, 0.5) is 5.69 Å². The second-order valence-electron chi connectivity index (χ2n) is 5.69. The van der Waals surface area contributed by atoms with Crippen molar-refractivity contribution < 1.29 is 4.79 Å². The number of hydrogen-bond acceptors (Lipinski definition) is 4. The van der Waals surface area contributed by atoms with Gasteiger partial charge in [-0.15, -0.1) is 0 Å². The van der Waals surface area contributed by atoms with Crippen LogP contribution in [0, 0.1) is 6.92 Å². The predicted octanol–water partition coefficient (Wildman–Crippen LogP) is 4.21. The maximum atomic E-state index is 12.5. The Labute approximate surface area is 141 Å². The number of benzene rings is 2. The van der Waals surface area contributed by atoms with Gasteiger partial charge in [-0.3, -0.25) is 9.78 Å². The summed E-state index contributed by atoms with van der Waals surface area (Å²) in [6, 6.07) is 18.0. The highest BCUT2D eigenvalue weighted by Crippen LogP contribution is 2.24.